The van der Waals surface area contributed by atoms with E-state index in [2.05, 4.69) is 20.0 Å². The zero-order chi connectivity index (χ0) is 20.5. The lowest BCUT2D eigenvalue weighted by Crippen LogP contribution is -2.17. The van der Waals surface area contributed by atoms with Crippen LogP contribution in [-0.2, 0) is 14.8 Å². The number of rotatable bonds is 6. The molecule has 1 fully saturated rings. The van der Waals surface area contributed by atoms with Crippen LogP contribution in [0, 0.1) is 17.3 Å². The van der Waals surface area contributed by atoms with E-state index in [9.17, 15) is 13.2 Å². The maximum Gasteiger partial charge on any atom is 0.264 e. The molecule has 1 aliphatic rings. The first-order chi connectivity index (χ1) is 13.1. The Hall–Kier alpha value is -2.16. The molecule has 0 bridgehead atoms. The predicted octanol–water partition coefficient (Wildman–Crippen LogP) is 3.81. The second-order valence-corrected chi connectivity index (χ2v) is 9.66. The van der Waals surface area contributed by atoms with Gasteiger partial charge in [0.2, 0.25) is 11.9 Å². The topological polar surface area (TPSA) is 101 Å². The number of hydrogen-bond acceptors (Lipinski definition) is 5. The van der Waals surface area contributed by atoms with Crippen molar-refractivity contribution >= 4 is 50.8 Å². The van der Waals surface area contributed by atoms with E-state index in [1.807, 2.05) is 13.8 Å². The van der Waals surface area contributed by atoms with Crippen LogP contribution in [0.15, 0.2) is 58.2 Å². The van der Waals surface area contributed by atoms with Crippen molar-refractivity contribution in [3.63, 3.8) is 0 Å². The zero-order valence-corrected chi connectivity index (χ0v) is 17.4. The van der Waals surface area contributed by atoms with Gasteiger partial charge in [0.1, 0.15) is 4.49 Å². The van der Waals surface area contributed by atoms with Crippen molar-refractivity contribution in [3.8, 4) is 0 Å². The molecule has 10 heteroatoms. The number of amides is 1. The fourth-order valence-electron chi connectivity index (χ4n) is 3.09. The van der Waals surface area contributed by atoms with Gasteiger partial charge in [-0.05, 0) is 47.7 Å². The highest BCUT2D eigenvalue weighted by Gasteiger charge is 2.60. The second-order valence-electron chi connectivity index (χ2n) is 6.97. The predicted molar refractivity (Wildman–Crippen MR) is 108 cm³/mol. The standard InChI is InChI=1S/C18H18Cl2N4O3S/c1-18(2)13(10-14(19)20)15(18)16(25)23-11-4-6-12(7-5-11)28(26,27)24-17-21-8-3-9-22-17/h3-10,13,15H,1-2H3,(H,23,25)(H,21,22,24)/t13-,15+/m1/s1. The molecule has 7 nitrogen and oxygen atoms in total. The van der Waals surface area contributed by atoms with Crippen LogP contribution in [0.1, 0.15) is 13.8 Å². The third-order valence-electron chi connectivity index (χ3n) is 4.72. The molecule has 1 aromatic carbocycles. The lowest BCUT2D eigenvalue weighted by Gasteiger charge is -2.09. The number of nitrogens with one attached hydrogen (secondary N) is 2. The van der Waals surface area contributed by atoms with E-state index < -0.39 is 10.0 Å². The smallest absolute Gasteiger partial charge is 0.264 e. The average molecular weight is 441 g/mol. The van der Waals surface area contributed by atoms with E-state index in [4.69, 9.17) is 23.2 Å². The SMILES string of the molecule is CC1(C)[C@H](C=C(Cl)Cl)[C@H]1C(=O)Nc1ccc(S(=O)(=O)Nc2ncccn2)cc1. The number of hydrogen-bond donors (Lipinski definition) is 2. The van der Waals surface area contributed by atoms with E-state index in [0.29, 0.717) is 5.69 Å². The Bertz CT molecular complexity index is 1000. The lowest BCUT2D eigenvalue weighted by atomic mass is 10.1. The quantitative estimate of drug-likeness (QED) is 0.710. The molecule has 148 valence electrons. The molecule has 1 heterocycles. The van der Waals surface area contributed by atoms with E-state index in [1.54, 1.807) is 12.1 Å². The average Bonchev–Trinajstić information content (AvgIpc) is 3.15. The van der Waals surface area contributed by atoms with Crippen LogP contribution >= 0.6 is 23.2 Å². The number of benzene rings is 1. The maximum atomic E-state index is 12.5. The summed E-state index contributed by atoms with van der Waals surface area (Å²) in [6.45, 7) is 3.92. The van der Waals surface area contributed by atoms with Gasteiger partial charge < -0.3 is 5.32 Å². The molecule has 1 aliphatic carbocycles. The number of nitrogens with zero attached hydrogens (tertiary/aromatic N) is 2. The number of aromatic nitrogens is 2. The van der Waals surface area contributed by atoms with Crippen molar-refractivity contribution < 1.29 is 13.2 Å². The Morgan fingerprint density at radius 2 is 1.75 bits per heavy atom. The number of carbonyl (C=O) groups is 1. The van der Waals surface area contributed by atoms with Gasteiger partial charge in [0, 0.05) is 18.1 Å². The summed E-state index contributed by atoms with van der Waals surface area (Å²) in [5, 5.41) is 2.80. The van der Waals surface area contributed by atoms with Crippen LogP contribution in [0.3, 0.4) is 0 Å². The largest absolute Gasteiger partial charge is 0.326 e. The first kappa shape index (κ1) is 20.6. The third kappa shape index (κ3) is 4.45. The van der Waals surface area contributed by atoms with E-state index in [-0.39, 0.29) is 38.5 Å². The highest BCUT2D eigenvalue weighted by molar-refractivity contribution is 7.92. The molecule has 0 radical (unpaired) electrons. The zero-order valence-electron chi connectivity index (χ0n) is 15.1. The molecular weight excluding hydrogens is 423 g/mol. The Morgan fingerprint density at radius 3 is 2.32 bits per heavy atom. The van der Waals surface area contributed by atoms with Gasteiger partial charge >= 0.3 is 0 Å². The van der Waals surface area contributed by atoms with Crippen molar-refractivity contribution in [1.29, 1.82) is 0 Å². The molecule has 1 aromatic heterocycles. The molecular formula is C18H18Cl2N4O3S. The molecule has 0 saturated heterocycles. The minimum Gasteiger partial charge on any atom is -0.326 e. The van der Waals surface area contributed by atoms with E-state index >= 15 is 0 Å². The minimum atomic E-state index is -3.83. The molecule has 0 unspecified atom stereocenters. The lowest BCUT2D eigenvalue weighted by molar-refractivity contribution is -0.118. The Labute approximate surface area is 173 Å². The highest BCUT2D eigenvalue weighted by Crippen LogP contribution is 2.60. The Balaban J connectivity index is 1.68. The van der Waals surface area contributed by atoms with Gasteiger partial charge in [0.15, 0.2) is 0 Å². The summed E-state index contributed by atoms with van der Waals surface area (Å²) in [7, 11) is -3.83. The van der Waals surface area contributed by atoms with Crippen LogP contribution in [0.25, 0.3) is 0 Å². The van der Waals surface area contributed by atoms with Crippen LogP contribution in [0.2, 0.25) is 0 Å². The van der Waals surface area contributed by atoms with Gasteiger partial charge in [-0.15, -0.1) is 0 Å². The maximum absolute atomic E-state index is 12.5. The number of anilines is 2. The Morgan fingerprint density at radius 1 is 1.14 bits per heavy atom. The van der Waals surface area contributed by atoms with Gasteiger partial charge in [-0.25, -0.2) is 23.1 Å². The summed E-state index contributed by atoms with van der Waals surface area (Å²) < 4.78 is 27.2. The minimum absolute atomic E-state index is 0.0205. The molecule has 0 aliphatic heterocycles. The molecule has 1 saturated carbocycles. The van der Waals surface area contributed by atoms with Crippen LogP contribution < -0.4 is 10.0 Å². The van der Waals surface area contributed by atoms with E-state index in [1.165, 1.54) is 36.7 Å². The first-order valence-electron chi connectivity index (χ1n) is 8.35. The van der Waals surface area contributed by atoms with Crippen LogP contribution in [0.4, 0.5) is 11.6 Å². The van der Waals surface area contributed by atoms with Crippen LogP contribution in [0.5, 0.6) is 0 Å². The van der Waals surface area contributed by atoms with Crippen molar-refractivity contribution in [2.45, 2.75) is 18.7 Å². The molecule has 2 N–H and O–H groups in total. The van der Waals surface area contributed by atoms with Gasteiger partial charge in [-0.1, -0.05) is 37.0 Å². The van der Waals surface area contributed by atoms with Crippen molar-refractivity contribution in [1.82, 2.24) is 9.97 Å². The monoisotopic (exact) mass is 440 g/mol. The number of sulfonamides is 1. The van der Waals surface area contributed by atoms with Gasteiger partial charge in [0.25, 0.3) is 10.0 Å². The Kier molecular flexibility index (Phi) is 5.65. The summed E-state index contributed by atoms with van der Waals surface area (Å²) in [5.74, 6) is -0.507. The molecule has 1 amide bonds. The normalized spacial score (nSPS) is 20.1. The number of halogens is 2. The summed E-state index contributed by atoms with van der Waals surface area (Å²) in [6, 6.07) is 7.41. The van der Waals surface area contributed by atoms with Gasteiger partial charge in [-0.3, -0.25) is 4.79 Å². The fourth-order valence-corrected chi connectivity index (χ4v) is 4.32. The van der Waals surface area contributed by atoms with Gasteiger partial charge in [0.05, 0.1) is 10.8 Å². The van der Waals surface area contributed by atoms with Crippen molar-refractivity contribution in [3.05, 3.63) is 53.3 Å². The number of allylic oxidation sites excluding steroid dienone is 1. The van der Waals surface area contributed by atoms with E-state index in [0.717, 1.165) is 0 Å². The summed E-state index contributed by atoms with van der Waals surface area (Å²) in [4.78, 5) is 20.2. The summed E-state index contributed by atoms with van der Waals surface area (Å²) >= 11 is 11.4. The van der Waals surface area contributed by atoms with Crippen molar-refractivity contribution in [2.75, 3.05) is 10.0 Å². The molecule has 2 atom stereocenters. The summed E-state index contributed by atoms with van der Waals surface area (Å²) in [5.41, 5.74) is 0.240. The van der Waals surface area contributed by atoms with Gasteiger partial charge in [-0.2, -0.15) is 0 Å². The fraction of sp³-hybridized carbons (Fsp3) is 0.278. The van der Waals surface area contributed by atoms with Crippen LogP contribution in [-0.4, -0.2) is 24.3 Å². The second kappa shape index (κ2) is 7.69. The van der Waals surface area contributed by atoms with Crippen molar-refractivity contribution in [2.24, 2.45) is 17.3 Å². The number of carbonyl (C=O) groups excluding carboxylic acids is 1. The molecule has 2 aromatic rings. The molecule has 0 spiro atoms. The highest BCUT2D eigenvalue weighted by atomic mass is 35.5. The summed E-state index contributed by atoms with van der Waals surface area (Å²) in [6.07, 6.45) is 4.53. The third-order valence-corrected chi connectivity index (χ3v) is 6.32. The molecule has 3 rings (SSSR count). The molecule has 28 heavy (non-hydrogen) atoms. The first-order valence-corrected chi connectivity index (χ1v) is 10.6.